The zero-order valence-corrected chi connectivity index (χ0v) is 8.37. The summed E-state index contributed by atoms with van der Waals surface area (Å²) in [6, 6.07) is 6.92. The lowest BCUT2D eigenvalue weighted by molar-refractivity contribution is 0.208. The van der Waals surface area contributed by atoms with Crippen molar-refractivity contribution >= 4 is 0 Å². The number of nitrogens with zero attached hydrogens (tertiary/aromatic N) is 1. The summed E-state index contributed by atoms with van der Waals surface area (Å²) in [5.74, 6) is -0.0793. The van der Waals surface area contributed by atoms with Gasteiger partial charge in [-0.3, -0.25) is 0 Å². The number of hydrogen-bond acceptors (Lipinski definition) is 3. The monoisotopic (exact) mass is 199 g/mol. The minimum Gasteiger partial charge on any atom is -0.367 e. The first-order valence-electron chi connectivity index (χ1n) is 4.35. The van der Waals surface area contributed by atoms with Gasteiger partial charge in [0.1, 0.15) is 12.9 Å². The van der Waals surface area contributed by atoms with Crippen molar-refractivity contribution in [3.8, 4) is 0 Å². The van der Waals surface area contributed by atoms with Crippen molar-refractivity contribution in [3.05, 3.63) is 40.6 Å². The summed E-state index contributed by atoms with van der Waals surface area (Å²) in [5.41, 5.74) is 0.824. The van der Waals surface area contributed by atoms with Crippen LogP contribution < -0.4 is 0 Å². The van der Waals surface area contributed by atoms with Crippen LogP contribution in [0.25, 0.3) is 0 Å². The molecule has 0 amide bonds. The van der Waals surface area contributed by atoms with E-state index >= 15 is 0 Å². The molecule has 0 radical (unpaired) electrons. The van der Waals surface area contributed by atoms with Gasteiger partial charge in [-0.25, -0.2) is 4.39 Å². The van der Waals surface area contributed by atoms with Gasteiger partial charge in [0.05, 0.1) is 0 Å². The van der Waals surface area contributed by atoms with Gasteiger partial charge in [-0.1, -0.05) is 31.5 Å². The highest BCUT2D eigenvalue weighted by Crippen LogP contribution is 2.07. The largest absolute Gasteiger partial charge is 0.367 e. The van der Waals surface area contributed by atoms with Gasteiger partial charge in [-0.05, 0) is 18.1 Å². The molecule has 1 rings (SSSR count). The number of rotatable bonds is 3. The maximum Gasteiger partial charge on any atom is 0.154 e. The molecule has 0 aliphatic carbocycles. The summed E-state index contributed by atoms with van der Waals surface area (Å²) >= 11 is 0. The molecule has 0 bridgehead atoms. The predicted octanol–water partition coefficient (Wildman–Crippen LogP) is 3.09. The molecule has 78 valence electrons. The van der Waals surface area contributed by atoms with Gasteiger partial charge in [0.15, 0.2) is 5.34 Å². The maximum atomic E-state index is 12.8. The highest BCUT2D eigenvalue weighted by atomic mass is 19.1. The second-order valence-corrected chi connectivity index (χ2v) is 2.60. The van der Waals surface area contributed by atoms with Gasteiger partial charge in [-0.15, -0.1) is 4.91 Å². The van der Waals surface area contributed by atoms with Crippen molar-refractivity contribution in [1.82, 2.24) is 0 Å². The molecule has 4 heteroatoms. The first kappa shape index (κ1) is 12.6. The lowest BCUT2D eigenvalue weighted by atomic mass is 10.1. The number of hydrogen-bond donors (Lipinski definition) is 0. The molecule has 0 spiro atoms. The molecule has 0 atom stereocenters. The summed E-state index contributed by atoms with van der Waals surface area (Å²) in [6.45, 7) is 2.05. The van der Waals surface area contributed by atoms with Crippen molar-refractivity contribution in [1.29, 1.82) is 0 Å². The van der Waals surface area contributed by atoms with Gasteiger partial charge < -0.3 is 4.84 Å². The van der Waals surface area contributed by atoms with E-state index in [1.165, 1.54) is 13.2 Å². The third-order valence-corrected chi connectivity index (χ3v) is 1.55. The Balaban J connectivity index is 0.000000364. The summed E-state index contributed by atoms with van der Waals surface area (Å²) in [7, 11) is 1.20. The van der Waals surface area contributed by atoms with Crippen LogP contribution in [0, 0.1) is 10.7 Å². The second kappa shape index (κ2) is 8.16. The van der Waals surface area contributed by atoms with Crippen LogP contribution >= 0.6 is 0 Å². The Morgan fingerprint density at radius 3 is 2.43 bits per heavy atom. The molecule has 1 aromatic carbocycles. The molecule has 0 saturated heterocycles. The lowest BCUT2D eigenvalue weighted by Gasteiger charge is -1.97. The summed E-state index contributed by atoms with van der Waals surface area (Å²) in [5, 5.41) is 1.99. The molecule has 0 aromatic heterocycles. The molecular weight excluding hydrogens is 185 g/mol. The van der Waals surface area contributed by atoms with E-state index in [1.807, 2.05) is 24.4 Å². The van der Waals surface area contributed by atoms with E-state index in [4.69, 9.17) is 4.91 Å². The van der Waals surface area contributed by atoms with Gasteiger partial charge in [0, 0.05) is 0 Å². The maximum absolute atomic E-state index is 12.8. The number of aryl methyl sites for hydroxylation is 1. The standard InChI is InChI=1S/C9H11F.CH3NO2/c1-2-5-8-6-3-4-7-9(8)10;1-4-2-3/h3-4,6-7H,2,5H2,1H3;1H3. The Labute approximate surface area is 82.8 Å². The van der Waals surface area contributed by atoms with Crippen LogP contribution in [0.4, 0.5) is 4.39 Å². The molecule has 0 unspecified atom stereocenters. The molecule has 0 fully saturated rings. The topological polar surface area (TPSA) is 38.7 Å². The quantitative estimate of drug-likeness (QED) is 0.554. The van der Waals surface area contributed by atoms with E-state index < -0.39 is 0 Å². The summed E-state index contributed by atoms with van der Waals surface area (Å²) in [6.07, 6.45) is 1.84. The first-order valence-corrected chi connectivity index (χ1v) is 4.35. The zero-order valence-electron chi connectivity index (χ0n) is 8.37. The molecule has 3 nitrogen and oxygen atoms in total. The van der Waals surface area contributed by atoms with Crippen molar-refractivity contribution < 1.29 is 9.23 Å². The fourth-order valence-electron chi connectivity index (χ4n) is 0.970. The molecular formula is C10H14FNO2. The average molecular weight is 199 g/mol. The fraction of sp³-hybridized carbons (Fsp3) is 0.400. The van der Waals surface area contributed by atoms with Crippen LogP contribution in [0.1, 0.15) is 18.9 Å². The molecule has 0 heterocycles. The van der Waals surface area contributed by atoms with E-state index in [0.717, 1.165) is 18.4 Å². The van der Waals surface area contributed by atoms with E-state index in [1.54, 1.807) is 6.07 Å². The van der Waals surface area contributed by atoms with Crippen LogP contribution in [-0.2, 0) is 11.3 Å². The fourth-order valence-corrected chi connectivity index (χ4v) is 0.970. The minimum absolute atomic E-state index is 0.0793. The Bertz CT molecular complexity index is 266. The van der Waals surface area contributed by atoms with E-state index in [9.17, 15) is 4.39 Å². The number of benzene rings is 1. The smallest absolute Gasteiger partial charge is 0.154 e. The molecule has 0 aliphatic rings. The van der Waals surface area contributed by atoms with Crippen molar-refractivity contribution in [2.75, 3.05) is 7.11 Å². The molecule has 14 heavy (non-hydrogen) atoms. The molecule has 0 saturated carbocycles. The van der Waals surface area contributed by atoms with Crippen LogP contribution in [0.5, 0.6) is 0 Å². The highest BCUT2D eigenvalue weighted by molar-refractivity contribution is 5.16. The van der Waals surface area contributed by atoms with Crippen LogP contribution in [0.2, 0.25) is 0 Å². The molecule has 0 aliphatic heterocycles. The predicted molar refractivity (Wildman–Crippen MR) is 53.2 cm³/mol. The second-order valence-electron chi connectivity index (χ2n) is 2.60. The van der Waals surface area contributed by atoms with E-state index in [0.29, 0.717) is 0 Å². The average Bonchev–Trinajstić information content (AvgIpc) is 2.22. The van der Waals surface area contributed by atoms with Crippen LogP contribution in [0.3, 0.4) is 0 Å². The van der Waals surface area contributed by atoms with Crippen LogP contribution in [-0.4, -0.2) is 7.11 Å². The first-order chi connectivity index (χ1) is 6.76. The van der Waals surface area contributed by atoms with Gasteiger partial charge in [0.25, 0.3) is 0 Å². The van der Waals surface area contributed by atoms with Crippen molar-refractivity contribution in [2.24, 2.45) is 5.34 Å². The molecule has 0 N–H and O–H groups in total. The lowest BCUT2D eigenvalue weighted by Crippen LogP contribution is -1.86. The van der Waals surface area contributed by atoms with Gasteiger partial charge in [-0.2, -0.15) is 0 Å². The Morgan fingerprint density at radius 1 is 1.43 bits per heavy atom. The van der Waals surface area contributed by atoms with E-state index in [-0.39, 0.29) is 5.82 Å². The minimum atomic E-state index is -0.0793. The Hall–Kier alpha value is -1.45. The van der Waals surface area contributed by atoms with E-state index in [2.05, 4.69) is 4.84 Å². The SMILES string of the molecule is CCCc1ccccc1F.CON=O. The number of halogens is 1. The summed E-state index contributed by atoms with van der Waals surface area (Å²) in [4.78, 5) is 12.3. The zero-order chi connectivity index (χ0) is 10.8. The van der Waals surface area contributed by atoms with Crippen molar-refractivity contribution in [2.45, 2.75) is 19.8 Å². The third-order valence-electron chi connectivity index (χ3n) is 1.55. The van der Waals surface area contributed by atoms with Gasteiger partial charge >= 0.3 is 0 Å². The third kappa shape index (κ3) is 5.24. The van der Waals surface area contributed by atoms with Crippen molar-refractivity contribution in [3.63, 3.8) is 0 Å². The Morgan fingerprint density at radius 2 is 2.00 bits per heavy atom. The normalized spacial score (nSPS) is 8.50. The Kier molecular flexibility index (Phi) is 7.32. The summed E-state index contributed by atoms with van der Waals surface area (Å²) < 4.78 is 12.8. The highest BCUT2D eigenvalue weighted by Gasteiger charge is 1.96. The molecule has 1 aromatic rings. The van der Waals surface area contributed by atoms with Crippen LogP contribution in [0.15, 0.2) is 29.6 Å². The van der Waals surface area contributed by atoms with Gasteiger partial charge in [0.2, 0.25) is 0 Å².